The minimum Gasteiger partial charge on any atom is -0.481 e. The third kappa shape index (κ3) is 3.10. The van der Waals surface area contributed by atoms with Crippen molar-refractivity contribution in [1.82, 2.24) is 25.6 Å². The second-order valence-electron chi connectivity index (χ2n) is 3.46. The minimum atomic E-state index is -0.793. The number of nitrogens with zero attached hydrogens (tertiary/aromatic N) is 4. The number of nitrogens with one attached hydrogen (secondary N) is 1. The van der Waals surface area contributed by atoms with Gasteiger partial charge in [-0.3, -0.25) is 4.79 Å². The maximum Gasteiger partial charge on any atom is 0.303 e. The van der Waals surface area contributed by atoms with Gasteiger partial charge in [0.05, 0.1) is 6.20 Å². The zero-order valence-corrected chi connectivity index (χ0v) is 8.96. The Bertz CT molecular complexity index is 479. The van der Waals surface area contributed by atoms with Crippen LogP contribution in [0.5, 0.6) is 0 Å². The highest BCUT2D eigenvalue weighted by molar-refractivity contribution is 5.66. The molecule has 8 nitrogen and oxygen atoms in total. The van der Waals surface area contributed by atoms with Crippen LogP contribution in [0, 0.1) is 0 Å². The largest absolute Gasteiger partial charge is 0.481 e. The molecule has 0 aromatic carbocycles. The number of aliphatic carboxylic acids is 1. The molecule has 0 radical (unpaired) electrons. The average Bonchev–Trinajstić information content (AvgIpc) is 2.94. The van der Waals surface area contributed by atoms with Crippen molar-refractivity contribution in [3.8, 4) is 11.6 Å². The smallest absolute Gasteiger partial charge is 0.303 e. The Morgan fingerprint density at radius 1 is 1.41 bits per heavy atom. The Labute approximate surface area is 96.1 Å². The summed E-state index contributed by atoms with van der Waals surface area (Å²) in [6.45, 7) is 0. The first-order valence-corrected chi connectivity index (χ1v) is 5.16. The molecule has 0 atom stereocenters. The van der Waals surface area contributed by atoms with Gasteiger partial charge in [0.2, 0.25) is 5.89 Å². The summed E-state index contributed by atoms with van der Waals surface area (Å²) in [5.41, 5.74) is 0.495. The second-order valence-corrected chi connectivity index (χ2v) is 3.46. The number of hydrogen-bond acceptors (Lipinski definition) is 6. The van der Waals surface area contributed by atoms with Gasteiger partial charge in [0.15, 0.2) is 5.69 Å². The molecule has 0 amide bonds. The molecule has 2 N–H and O–H groups in total. The van der Waals surface area contributed by atoms with E-state index >= 15 is 0 Å². The van der Waals surface area contributed by atoms with Gasteiger partial charge in [-0.1, -0.05) is 0 Å². The number of carbonyl (C=O) groups is 1. The number of H-pyrrole nitrogens is 1. The molecule has 0 spiro atoms. The first-order valence-electron chi connectivity index (χ1n) is 5.16. The van der Waals surface area contributed by atoms with E-state index in [2.05, 4.69) is 25.6 Å². The normalized spacial score (nSPS) is 10.6. The highest BCUT2D eigenvalue weighted by Gasteiger charge is 2.10. The van der Waals surface area contributed by atoms with Crippen molar-refractivity contribution in [2.24, 2.45) is 0 Å². The fourth-order valence-electron chi connectivity index (χ4n) is 1.32. The molecule has 0 bridgehead atoms. The molecular weight excluding hydrogens is 226 g/mol. The lowest BCUT2D eigenvalue weighted by molar-refractivity contribution is -0.137. The van der Waals surface area contributed by atoms with Crippen LogP contribution in [0.25, 0.3) is 11.6 Å². The zero-order chi connectivity index (χ0) is 12.1. The monoisotopic (exact) mass is 237 g/mol. The van der Waals surface area contributed by atoms with E-state index in [1.807, 2.05) is 0 Å². The van der Waals surface area contributed by atoms with Crippen LogP contribution in [0.15, 0.2) is 10.6 Å². The van der Waals surface area contributed by atoms with Crippen molar-refractivity contribution in [3.63, 3.8) is 0 Å². The Balaban J connectivity index is 1.84. The molecule has 0 saturated carbocycles. The number of aromatic amines is 1. The summed E-state index contributed by atoms with van der Waals surface area (Å²) in [6, 6.07) is 0. The fraction of sp³-hybridized carbons (Fsp3) is 0.444. The van der Waals surface area contributed by atoms with Crippen molar-refractivity contribution < 1.29 is 14.3 Å². The molecule has 2 aromatic heterocycles. The van der Waals surface area contributed by atoms with Crippen molar-refractivity contribution in [2.75, 3.05) is 0 Å². The number of aryl methyl sites for hydroxylation is 1. The molecule has 0 aliphatic heterocycles. The summed E-state index contributed by atoms with van der Waals surface area (Å²) in [7, 11) is 0. The molecule has 0 aliphatic carbocycles. The average molecular weight is 237 g/mol. The van der Waals surface area contributed by atoms with E-state index in [-0.39, 0.29) is 6.42 Å². The Kier molecular flexibility index (Phi) is 3.43. The van der Waals surface area contributed by atoms with Gasteiger partial charge in [-0.15, -0.1) is 10.2 Å². The van der Waals surface area contributed by atoms with Crippen LogP contribution in [-0.4, -0.2) is 36.7 Å². The number of carboxylic acid groups (broad SMARTS) is 1. The number of unbranched alkanes of at least 4 members (excludes halogenated alkanes) is 1. The number of carboxylic acids is 1. The van der Waals surface area contributed by atoms with E-state index in [1.54, 1.807) is 0 Å². The van der Waals surface area contributed by atoms with Gasteiger partial charge in [-0.25, -0.2) is 0 Å². The summed E-state index contributed by atoms with van der Waals surface area (Å²) >= 11 is 0. The van der Waals surface area contributed by atoms with Crippen molar-refractivity contribution in [3.05, 3.63) is 12.1 Å². The summed E-state index contributed by atoms with van der Waals surface area (Å²) in [4.78, 5) is 10.3. The van der Waals surface area contributed by atoms with Gasteiger partial charge >= 0.3 is 5.97 Å². The molecule has 17 heavy (non-hydrogen) atoms. The highest BCUT2D eigenvalue weighted by atomic mass is 16.4. The Morgan fingerprint density at radius 2 is 2.29 bits per heavy atom. The van der Waals surface area contributed by atoms with Crippen LogP contribution < -0.4 is 0 Å². The molecule has 0 aliphatic rings. The standard InChI is InChI=1S/C9H11N5O3/c15-8(16)4-2-1-3-7-12-13-9(17-7)6-5-10-14-11-6/h5H,1-4H2,(H,15,16)(H,10,11,14). The van der Waals surface area contributed by atoms with E-state index in [1.165, 1.54) is 6.20 Å². The molecule has 8 heteroatoms. The summed E-state index contributed by atoms with van der Waals surface area (Å²) in [5.74, 6) is -0.000751. The predicted molar refractivity (Wildman–Crippen MR) is 54.9 cm³/mol. The fourth-order valence-corrected chi connectivity index (χ4v) is 1.32. The van der Waals surface area contributed by atoms with Gasteiger partial charge in [0.25, 0.3) is 5.89 Å². The number of rotatable bonds is 6. The van der Waals surface area contributed by atoms with Crippen molar-refractivity contribution >= 4 is 5.97 Å². The van der Waals surface area contributed by atoms with E-state index in [9.17, 15) is 4.79 Å². The van der Waals surface area contributed by atoms with Gasteiger partial charge in [-0.2, -0.15) is 15.4 Å². The summed E-state index contributed by atoms with van der Waals surface area (Å²) in [6.07, 6.45) is 3.51. The van der Waals surface area contributed by atoms with Crippen LogP contribution >= 0.6 is 0 Å². The molecule has 0 unspecified atom stereocenters. The number of aromatic nitrogens is 5. The second kappa shape index (κ2) is 5.19. The summed E-state index contributed by atoms with van der Waals surface area (Å²) in [5, 5.41) is 26.0. The predicted octanol–water partition coefficient (Wildman–Crippen LogP) is 0.652. The molecular formula is C9H11N5O3. The molecule has 0 saturated heterocycles. The van der Waals surface area contributed by atoms with Gasteiger partial charge in [0, 0.05) is 12.8 Å². The van der Waals surface area contributed by atoms with Gasteiger partial charge < -0.3 is 9.52 Å². The van der Waals surface area contributed by atoms with Crippen molar-refractivity contribution in [1.29, 1.82) is 0 Å². The SMILES string of the molecule is O=C(O)CCCCc1nnc(-c2cn[nH]n2)o1. The summed E-state index contributed by atoms with van der Waals surface area (Å²) < 4.78 is 5.34. The van der Waals surface area contributed by atoms with E-state index in [4.69, 9.17) is 9.52 Å². The lowest BCUT2D eigenvalue weighted by atomic mass is 10.2. The van der Waals surface area contributed by atoms with E-state index in [0.29, 0.717) is 36.7 Å². The Morgan fingerprint density at radius 3 is 3.00 bits per heavy atom. The minimum absolute atomic E-state index is 0.157. The molecule has 0 fully saturated rings. The van der Waals surface area contributed by atoms with Crippen LogP contribution in [0.2, 0.25) is 0 Å². The van der Waals surface area contributed by atoms with E-state index < -0.39 is 5.97 Å². The van der Waals surface area contributed by atoms with Gasteiger partial charge in [-0.05, 0) is 12.8 Å². The van der Waals surface area contributed by atoms with Crippen LogP contribution in [0.1, 0.15) is 25.2 Å². The first-order chi connectivity index (χ1) is 8.25. The molecule has 90 valence electrons. The van der Waals surface area contributed by atoms with Crippen LogP contribution in [0.3, 0.4) is 0 Å². The molecule has 2 heterocycles. The van der Waals surface area contributed by atoms with E-state index in [0.717, 1.165) is 0 Å². The van der Waals surface area contributed by atoms with Gasteiger partial charge in [0.1, 0.15) is 0 Å². The lowest BCUT2D eigenvalue weighted by Crippen LogP contribution is -1.95. The Hall–Kier alpha value is -2.25. The highest BCUT2D eigenvalue weighted by Crippen LogP contribution is 2.14. The third-order valence-electron chi connectivity index (χ3n) is 2.13. The maximum atomic E-state index is 10.3. The quantitative estimate of drug-likeness (QED) is 0.708. The number of hydrogen-bond donors (Lipinski definition) is 2. The zero-order valence-electron chi connectivity index (χ0n) is 8.96. The van der Waals surface area contributed by atoms with Crippen LogP contribution in [0.4, 0.5) is 0 Å². The lowest BCUT2D eigenvalue weighted by Gasteiger charge is -1.93. The third-order valence-corrected chi connectivity index (χ3v) is 2.13. The van der Waals surface area contributed by atoms with Crippen molar-refractivity contribution in [2.45, 2.75) is 25.7 Å². The molecule has 2 rings (SSSR count). The van der Waals surface area contributed by atoms with Crippen LogP contribution in [-0.2, 0) is 11.2 Å². The first kappa shape index (κ1) is 11.2. The maximum absolute atomic E-state index is 10.3. The topological polar surface area (TPSA) is 118 Å². The molecule has 2 aromatic rings.